The van der Waals surface area contributed by atoms with Crippen LogP contribution in [0.2, 0.25) is 0 Å². The lowest BCUT2D eigenvalue weighted by Gasteiger charge is -2.06. The minimum Gasteiger partial charge on any atom is -0.387 e. The van der Waals surface area contributed by atoms with E-state index >= 15 is 0 Å². The zero-order chi connectivity index (χ0) is 21.2. The molecule has 0 aliphatic rings. The van der Waals surface area contributed by atoms with Crippen molar-refractivity contribution in [2.45, 2.75) is 6.92 Å². The van der Waals surface area contributed by atoms with Crippen molar-refractivity contribution in [3.63, 3.8) is 0 Å². The summed E-state index contributed by atoms with van der Waals surface area (Å²) < 4.78 is 4.88. The van der Waals surface area contributed by atoms with E-state index in [-0.39, 0.29) is 12.2 Å². The van der Waals surface area contributed by atoms with E-state index in [0.717, 1.165) is 11.1 Å². The summed E-state index contributed by atoms with van der Waals surface area (Å²) in [7, 11) is 1.55. The van der Waals surface area contributed by atoms with Gasteiger partial charge in [0, 0.05) is 30.1 Å². The Kier molecular flexibility index (Phi) is 7.89. The van der Waals surface area contributed by atoms with Crippen LogP contribution in [0, 0.1) is 16.7 Å². The maximum Gasteiger partial charge on any atom is 0.256 e. The summed E-state index contributed by atoms with van der Waals surface area (Å²) in [6.07, 6.45) is 8.81. The molecule has 0 atom stereocenters. The fourth-order valence-corrected chi connectivity index (χ4v) is 2.68. The van der Waals surface area contributed by atoms with Gasteiger partial charge in [0.15, 0.2) is 0 Å². The van der Waals surface area contributed by atoms with Gasteiger partial charge in [0.1, 0.15) is 0 Å². The number of pyridine rings is 1. The third-order valence-corrected chi connectivity index (χ3v) is 4.17. The van der Waals surface area contributed by atoms with E-state index in [9.17, 15) is 10.1 Å². The molecule has 0 aliphatic carbocycles. The number of benzene rings is 1. The average Bonchev–Trinajstić information content (AvgIpc) is 2.71. The van der Waals surface area contributed by atoms with Crippen molar-refractivity contribution >= 4 is 22.1 Å². The number of nitriles is 1. The van der Waals surface area contributed by atoms with Crippen LogP contribution in [0.25, 0.3) is 16.3 Å². The van der Waals surface area contributed by atoms with E-state index in [1.807, 2.05) is 19.1 Å². The fourth-order valence-electron chi connectivity index (χ4n) is 2.68. The van der Waals surface area contributed by atoms with Gasteiger partial charge in [0.25, 0.3) is 5.56 Å². The standard InChI is InChI=1S/C23H24N4O2/c1-4-17(9-8-16(2)14-26-11-10-19(25)15-29-3)22-12-21-18(13-24)6-5-7-20(21)23(28)27-22/h4-12,25-26H,1,14-15H2,2-3H3,(H,27,28)/b11-10-,16-8+,17-9+,25-19?. The van der Waals surface area contributed by atoms with Crippen LogP contribution in [0.5, 0.6) is 0 Å². The maximum absolute atomic E-state index is 12.4. The van der Waals surface area contributed by atoms with Crippen LogP contribution >= 0.6 is 0 Å². The Balaban J connectivity index is 2.22. The lowest BCUT2D eigenvalue weighted by Crippen LogP contribution is -2.10. The van der Waals surface area contributed by atoms with Gasteiger partial charge in [0.05, 0.1) is 24.0 Å². The molecule has 6 heteroatoms. The maximum atomic E-state index is 12.4. The number of aromatic amines is 1. The lowest BCUT2D eigenvalue weighted by molar-refractivity contribution is 0.245. The second-order valence-corrected chi connectivity index (χ2v) is 6.40. The van der Waals surface area contributed by atoms with E-state index in [2.05, 4.69) is 22.9 Å². The predicted octanol–water partition coefficient (Wildman–Crippen LogP) is 3.68. The zero-order valence-electron chi connectivity index (χ0n) is 16.6. The van der Waals surface area contributed by atoms with E-state index in [0.29, 0.717) is 34.3 Å². The number of fused-ring (bicyclic) bond motifs is 1. The van der Waals surface area contributed by atoms with Crippen LogP contribution in [0.15, 0.2) is 71.7 Å². The quantitative estimate of drug-likeness (QED) is 0.450. The van der Waals surface area contributed by atoms with Gasteiger partial charge in [-0.05, 0) is 43.0 Å². The van der Waals surface area contributed by atoms with Crippen molar-refractivity contribution < 1.29 is 4.74 Å². The molecule has 0 saturated heterocycles. The van der Waals surface area contributed by atoms with Gasteiger partial charge in [-0.2, -0.15) is 5.26 Å². The number of hydrogen-bond acceptors (Lipinski definition) is 5. The second kappa shape index (κ2) is 10.6. The summed E-state index contributed by atoms with van der Waals surface area (Å²) in [5.41, 5.74) is 2.99. The van der Waals surface area contributed by atoms with Gasteiger partial charge >= 0.3 is 0 Å². The van der Waals surface area contributed by atoms with Gasteiger partial charge < -0.3 is 20.4 Å². The Hall–Kier alpha value is -3.69. The Morgan fingerprint density at radius 1 is 1.38 bits per heavy atom. The number of ether oxygens (including phenoxy) is 1. The minimum absolute atomic E-state index is 0.242. The molecule has 0 spiro atoms. The Morgan fingerprint density at radius 2 is 2.17 bits per heavy atom. The third kappa shape index (κ3) is 5.89. The number of hydrogen-bond donors (Lipinski definition) is 3. The molecule has 0 aliphatic heterocycles. The van der Waals surface area contributed by atoms with Crippen LogP contribution in [-0.2, 0) is 4.74 Å². The summed E-state index contributed by atoms with van der Waals surface area (Å²) in [5, 5.41) is 21.1. The molecule has 148 valence electrons. The molecular weight excluding hydrogens is 364 g/mol. The molecule has 0 unspecified atom stereocenters. The highest BCUT2D eigenvalue weighted by Gasteiger charge is 2.07. The number of methoxy groups -OCH3 is 1. The van der Waals surface area contributed by atoms with Crippen molar-refractivity contribution in [2.75, 3.05) is 20.3 Å². The van der Waals surface area contributed by atoms with E-state index in [1.54, 1.807) is 49.7 Å². The van der Waals surface area contributed by atoms with Crippen LogP contribution in [0.1, 0.15) is 18.2 Å². The number of aromatic nitrogens is 1. The molecule has 1 aromatic carbocycles. The molecule has 0 saturated carbocycles. The first-order valence-corrected chi connectivity index (χ1v) is 9.02. The molecule has 0 fully saturated rings. The Bertz CT molecular complexity index is 1100. The van der Waals surface area contributed by atoms with Gasteiger partial charge in [-0.25, -0.2) is 0 Å². The molecule has 6 nitrogen and oxygen atoms in total. The summed E-state index contributed by atoms with van der Waals surface area (Å²) >= 11 is 0. The highest BCUT2D eigenvalue weighted by molar-refractivity contribution is 5.93. The third-order valence-electron chi connectivity index (χ3n) is 4.17. The molecule has 3 N–H and O–H groups in total. The number of allylic oxidation sites excluding steroid dienone is 4. The lowest BCUT2D eigenvalue weighted by atomic mass is 10.0. The highest BCUT2D eigenvalue weighted by Crippen LogP contribution is 2.20. The van der Waals surface area contributed by atoms with Crippen molar-refractivity contribution in [1.29, 1.82) is 10.7 Å². The second-order valence-electron chi connectivity index (χ2n) is 6.40. The monoisotopic (exact) mass is 388 g/mol. The topological polar surface area (TPSA) is 102 Å². The van der Waals surface area contributed by atoms with Crippen molar-refractivity contribution in [2.24, 2.45) is 0 Å². The molecular formula is C23H24N4O2. The van der Waals surface area contributed by atoms with Gasteiger partial charge in [-0.15, -0.1) is 0 Å². The summed E-state index contributed by atoms with van der Waals surface area (Å²) in [4.78, 5) is 15.3. The van der Waals surface area contributed by atoms with Crippen molar-refractivity contribution in [3.05, 3.63) is 88.5 Å². The van der Waals surface area contributed by atoms with E-state index in [1.165, 1.54) is 0 Å². The molecule has 0 amide bonds. The molecule has 2 rings (SSSR count). The number of H-pyrrole nitrogens is 1. The average molecular weight is 388 g/mol. The highest BCUT2D eigenvalue weighted by atomic mass is 16.5. The zero-order valence-corrected chi connectivity index (χ0v) is 16.6. The summed E-state index contributed by atoms with van der Waals surface area (Å²) in [6, 6.07) is 9.02. The smallest absolute Gasteiger partial charge is 0.256 e. The van der Waals surface area contributed by atoms with Crippen LogP contribution in [0.4, 0.5) is 0 Å². The molecule has 1 heterocycles. The van der Waals surface area contributed by atoms with Gasteiger partial charge in [0.2, 0.25) is 0 Å². The first-order valence-electron chi connectivity index (χ1n) is 9.02. The Morgan fingerprint density at radius 3 is 2.86 bits per heavy atom. The van der Waals surface area contributed by atoms with Crippen LogP contribution in [0.3, 0.4) is 0 Å². The van der Waals surface area contributed by atoms with E-state index < -0.39 is 0 Å². The van der Waals surface area contributed by atoms with Gasteiger partial charge in [-0.1, -0.05) is 36.4 Å². The van der Waals surface area contributed by atoms with Gasteiger partial charge in [-0.3, -0.25) is 4.79 Å². The first-order chi connectivity index (χ1) is 14.0. The fraction of sp³-hybridized carbons (Fsp3) is 0.174. The number of nitrogens with one attached hydrogen (secondary N) is 3. The largest absolute Gasteiger partial charge is 0.387 e. The van der Waals surface area contributed by atoms with E-state index in [4.69, 9.17) is 10.1 Å². The Labute approximate surface area is 170 Å². The summed E-state index contributed by atoms with van der Waals surface area (Å²) in [6.45, 7) is 6.68. The summed E-state index contributed by atoms with van der Waals surface area (Å²) in [5.74, 6) is 0. The van der Waals surface area contributed by atoms with Crippen LogP contribution in [-0.4, -0.2) is 31.0 Å². The molecule has 29 heavy (non-hydrogen) atoms. The molecule has 1 aromatic heterocycles. The van der Waals surface area contributed by atoms with Crippen LogP contribution < -0.4 is 10.9 Å². The van der Waals surface area contributed by atoms with Crippen molar-refractivity contribution in [3.8, 4) is 6.07 Å². The molecule has 2 aromatic rings. The molecule has 0 bridgehead atoms. The first kappa shape index (κ1) is 21.6. The normalized spacial score (nSPS) is 12.2. The van der Waals surface area contributed by atoms with Crippen molar-refractivity contribution in [1.82, 2.24) is 10.3 Å². The number of rotatable bonds is 9. The predicted molar refractivity (Wildman–Crippen MR) is 118 cm³/mol. The minimum atomic E-state index is -0.242. The SMILES string of the molecule is C=C/C(=C\C=C(/C)CN/C=C\C(=N)COC)c1cc2c(C#N)cccc2c(=O)[nH]1. The number of nitrogens with zero attached hydrogens (tertiary/aromatic N) is 1. The molecule has 0 radical (unpaired) electrons.